The topological polar surface area (TPSA) is 46.5 Å². The monoisotopic (exact) mass is 300 g/mol. The minimum Gasteiger partial charge on any atom is -0.458 e. The Morgan fingerprint density at radius 3 is 2.68 bits per heavy atom. The molecular weight excluding hydrogens is 276 g/mol. The van der Waals surface area contributed by atoms with E-state index in [2.05, 4.69) is 6.92 Å². The van der Waals surface area contributed by atoms with E-state index < -0.39 is 0 Å². The number of esters is 1. The van der Waals surface area contributed by atoms with Crippen LogP contribution >= 0.6 is 0 Å². The Bertz CT molecular complexity index is 531. The van der Waals surface area contributed by atoms with Gasteiger partial charge in [-0.25, -0.2) is 4.79 Å². The quantitative estimate of drug-likeness (QED) is 0.474. The third-order valence-corrected chi connectivity index (χ3v) is 4.00. The highest BCUT2D eigenvalue weighted by atomic mass is 16.6. The van der Waals surface area contributed by atoms with Crippen LogP contribution in [0.1, 0.15) is 38.2 Å². The predicted molar refractivity (Wildman–Crippen MR) is 88.2 cm³/mol. The Hall–Kier alpha value is -1.87. The number of allylic oxidation sites excluding steroid dienone is 2. The van der Waals surface area contributed by atoms with Gasteiger partial charge in [-0.2, -0.15) is 0 Å². The minimum absolute atomic E-state index is 0.0481. The number of carbonyl (C=O) groups excluding carboxylic acids is 1. The Kier molecular flexibility index (Phi) is 6.41. The molecule has 118 valence electrons. The van der Waals surface area contributed by atoms with Crippen LogP contribution in [-0.2, 0) is 9.53 Å². The lowest BCUT2D eigenvalue weighted by Gasteiger charge is -2.14. The first kappa shape index (κ1) is 16.5. The zero-order valence-electron chi connectivity index (χ0n) is 13.1. The molecule has 0 spiro atoms. The molecule has 0 saturated carbocycles. The first-order chi connectivity index (χ1) is 10.8. The smallest absolute Gasteiger partial charge is 0.334 e. The molecule has 0 aromatic heterocycles. The van der Waals surface area contributed by atoms with E-state index in [1.54, 1.807) is 6.08 Å². The lowest BCUT2D eigenvalue weighted by Crippen LogP contribution is -2.20. The summed E-state index contributed by atoms with van der Waals surface area (Å²) in [7, 11) is 0. The van der Waals surface area contributed by atoms with E-state index in [1.165, 1.54) is 0 Å². The van der Waals surface area contributed by atoms with Crippen molar-refractivity contribution in [3.8, 4) is 0 Å². The van der Waals surface area contributed by atoms with Crippen LogP contribution in [0.15, 0.2) is 48.1 Å². The van der Waals surface area contributed by atoms with Gasteiger partial charge in [0.2, 0.25) is 0 Å². The zero-order chi connectivity index (χ0) is 15.8. The molecule has 1 aromatic rings. The first-order valence-corrected chi connectivity index (χ1v) is 8.01. The maximum absolute atomic E-state index is 12.0. The van der Waals surface area contributed by atoms with Gasteiger partial charge in [-0.05, 0) is 18.4 Å². The molecule has 1 aliphatic heterocycles. The lowest BCUT2D eigenvalue weighted by molar-refractivity contribution is -0.139. The molecule has 0 aliphatic carbocycles. The van der Waals surface area contributed by atoms with Crippen molar-refractivity contribution in [3.63, 3.8) is 0 Å². The maximum atomic E-state index is 12.0. The zero-order valence-corrected chi connectivity index (χ0v) is 13.1. The average Bonchev–Trinajstić information content (AvgIpc) is 2.84. The van der Waals surface area contributed by atoms with Gasteiger partial charge in [-0.1, -0.05) is 68.3 Å². The number of benzene rings is 1. The van der Waals surface area contributed by atoms with Crippen LogP contribution in [0.3, 0.4) is 0 Å². The molecule has 0 unspecified atom stereocenters. The number of unbranched alkanes of at least 4 members (excludes halogenated alkanes) is 2. The van der Waals surface area contributed by atoms with E-state index >= 15 is 0 Å². The van der Waals surface area contributed by atoms with Crippen molar-refractivity contribution in [1.82, 2.24) is 0 Å². The van der Waals surface area contributed by atoms with Crippen molar-refractivity contribution in [2.24, 2.45) is 5.92 Å². The van der Waals surface area contributed by atoms with Gasteiger partial charge in [0.25, 0.3) is 0 Å². The summed E-state index contributed by atoms with van der Waals surface area (Å²) in [5.74, 6) is -0.497. The van der Waals surface area contributed by atoms with Crippen molar-refractivity contribution in [2.45, 2.75) is 38.7 Å². The molecule has 1 aromatic carbocycles. The largest absolute Gasteiger partial charge is 0.458 e. The van der Waals surface area contributed by atoms with E-state index in [-0.39, 0.29) is 24.6 Å². The second-order valence-corrected chi connectivity index (χ2v) is 5.62. The molecule has 2 atom stereocenters. The second-order valence-electron chi connectivity index (χ2n) is 5.62. The van der Waals surface area contributed by atoms with Crippen LogP contribution in [-0.4, -0.2) is 23.8 Å². The Balaban J connectivity index is 2.03. The average molecular weight is 300 g/mol. The number of ether oxygens (including phenoxy) is 1. The van der Waals surface area contributed by atoms with Crippen LogP contribution in [0.5, 0.6) is 0 Å². The van der Waals surface area contributed by atoms with Gasteiger partial charge in [0.05, 0.1) is 12.5 Å². The summed E-state index contributed by atoms with van der Waals surface area (Å²) in [6.07, 6.45) is 9.49. The van der Waals surface area contributed by atoms with Gasteiger partial charge in [0, 0.05) is 5.57 Å². The summed E-state index contributed by atoms with van der Waals surface area (Å²) in [5.41, 5.74) is 1.65. The Morgan fingerprint density at radius 2 is 2.00 bits per heavy atom. The highest BCUT2D eigenvalue weighted by Crippen LogP contribution is 2.31. The first-order valence-electron chi connectivity index (χ1n) is 8.01. The van der Waals surface area contributed by atoms with E-state index in [9.17, 15) is 9.90 Å². The van der Waals surface area contributed by atoms with Gasteiger partial charge in [0.1, 0.15) is 6.10 Å². The van der Waals surface area contributed by atoms with Gasteiger partial charge in [0.15, 0.2) is 0 Å². The lowest BCUT2D eigenvalue weighted by atomic mass is 9.93. The van der Waals surface area contributed by atoms with Crippen LogP contribution in [0.2, 0.25) is 0 Å². The number of cyclic esters (lactones) is 1. The minimum atomic E-state index is -0.293. The van der Waals surface area contributed by atoms with Crippen molar-refractivity contribution in [1.29, 1.82) is 0 Å². The van der Waals surface area contributed by atoms with Crippen LogP contribution < -0.4 is 0 Å². The summed E-state index contributed by atoms with van der Waals surface area (Å²) in [6.45, 7) is 2.09. The molecule has 1 fully saturated rings. The van der Waals surface area contributed by atoms with Crippen molar-refractivity contribution in [2.75, 3.05) is 6.61 Å². The summed E-state index contributed by atoms with van der Waals surface area (Å²) in [5, 5.41) is 9.60. The third kappa shape index (κ3) is 4.31. The van der Waals surface area contributed by atoms with Crippen LogP contribution in [0.4, 0.5) is 0 Å². The summed E-state index contributed by atoms with van der Waals surface area (Å²) < 4.78 is 5.43. The van der Waals surface area contributed by atoms with Crippen molar-refractivity contribution < 1.29 is 14.6 Å². The van der Waals surface area contributed by atoms with E-state index in [0.29, 0.717) is 5.57 Å². The number of hydrogen-bond acceptors (Lipinski definition) is 3. The highest BCUT2D eigenvalue weighted by molar-refractivity contribution is 5.92. The molecule has 3 nitrogen and oxygen atoms in total. The summed E-state index contributed by atoms with van der Waals surface area (Å²) in [6, 6.07) is 9.90. The number of aliphatic hydroxyl groups is 1. The number of hydrogen-bond donors (Lipinski definition) is 1. The summed E-state index contributed by atoms with van der Waals surface area (Å²) in [4.78, 5) is 12.0. The third-order valence-electron chi connectivity index (χ3n) is 4.00. The fourth-order valence-electron chi connectivity index (χ4n) is 2.73. The molecule has 0 radical (unpaired) electrons. The van der Waals surface area contributed by atoms with Crippen LogP contribution in [0, 0.1) is 5.92 Å². The molecule has 1 saturated heterocycles. The van der Waals surface area contributed by atoms with Gasteiger partial charge >= 0.3 is 5.97 Å². The molecule has 0 bridgehead atoms. The molecule has 0 amide bonds. The van der Waals surface area contributed by atoms with Crippen molar-refractivity contribution >= 4 is 12.0 Å². The Labute approximate surface area is 132 Å². The van der Waals surface area contributed by atoms with Gasteiger partial charge < -0.3 is 9.84 Å². The standard InChI is InChI=1S/C19H24O3/c1-2-3-5-13-18-17(14-20)16(19(21)22-18)12-8-11-15-9-6-4-7-10-15/h4,6-12,17-18,20H,2-3,5,13-14H2,1H3/b11-8+,16-12+/t17-,18+/m1/s1. The molecule has 22 heavy (non-hydrogen) atoms. The van der Waals surface area contributed by atoms with E-state index in [4.69, 9.17) is 4.74 Å². The second kappa shape index (κ2) is 8.54. The van der Waals surface area contributed by atoms with E-state index in [1.807, 2.05) is 42.5 Å². The molecular formula is C19H24O3. The molecule has 3 heteroatoms. The van der Waals surface area contributed by atoms with Gasteiger partial charge in [-0.3, -0.25) is 0 Å². The van der Waals surface area contributed by atoms with E-state index in [0.717, 1.165) is 31.2 Å². The number of carbonyl (C=O) groups is 1. The highest BCUT2D eigenvalue weighted by Gasteiger charge is 2.38. The number of rotatable bonds is 7. The van der Waals surface area contributed by atoms with Crippen molar-refractivity contribution in [3.05, 3.63) is 53.6 Å². The summed E-state index contributed by atoms with van der Waals surface area (Å²) >= 11 is 0. The fourth-order valence-corrected chi connectivity index (χ4v) is 2.73. The molecule has 1 N–H and O–H groups in total. The molecule has 2 rings (SSSR count). The SMILES string of the molecule is CCCCC[C@@H]1OC(=O)/C(=C/C=C/c2ccccc2)[C@H]1CO. The maximum Gasteiger partial charge on any atom is 0.334 e. The van der Waals surface area contributed by atoms with Crippen LogP contribution in [0.25, 0.3) is 6.08 Å². The normalized spacial score (nSPS) is 23.4. The number of aliphatic hydroxyl groups excluding tert-OH is 1. The fraction of sp³-hybridized carbons (Fsp3) is 0.421. The molecule has 1 heterocycles. The van der Waals surface area contributed by atoms with Gasteiger partial charge in [-0.15, -0.1) is 0 Å². The molecule has 1 aliphatic rings. The predicted octanol–water partition coefficient (Wildman–Crippen LogP) is 3.74. The Morgan fingerprint density at radius 1 is 1.23 bits per heavy atom.